The van der Waals surface area contributed by atoms with Gasteiger partial charge < -0.3 is 4.74 Å². The first-order valence-electron chi connectivity index (χ1n) is 4.44. The third-order valence-electron chi connectivity index (χ3n) is 1.44. The average molecular weight is 209 g/mol. The summed E-state index contributed by atoms with van der Waals surface area (Å²) in [6, 6.07) is 0. The molecule has 0 saturated heterocycles. The number of hydrogen-bond donors (Lipinski definition) is 1. The summed E-state index contributed by atoms with van der Waals surface area (Å²) < 4.78 is 30.4. The van der Waals surface area contributed by atoms with Crippen LogP contribution in [0.1, 0.15) is 27.7 Å². The van der Waals surface area contributed by atoms with Gasteiger partial charge in [0.1, 0.15) is 0 Å². The molecule has 1 N–H and O–H groups in total. The molecule has 0 aromatic heterocycles. The van der Waals surface area contributed by atoms with Crippen LogP contribution < -0.4 is 4.72 Å². The van der Waals surface area contributed by atoms with Crippen molar-refractivity contribution in [1.29, 1.82) is 0 Å². The maximum Gasteiger partial charge on any atom is 0.214 e. The Hall–Kier alpha value is -0.130. The molecule has 0 unspecified atom stereocenters. The maximum atomic E-state index is 11.3. The smallest absolute Gasteiger partial charge is 0.214 e. The Labute approximate surface area is 80.7 Å². The van der Waals surface area contributed by atoms with Crippen molar-refractivity contribution < 1.29 is 13.2 Å². The zero-order chi connectivity index (χ0) is 10.5. The Morgan fingerprint density at radius 3 is 2.23 bits per heavy atom. The highest BCUT2D eigenvalue weighted by molar-refractivity contribution is 7.89. The lowest BCUT2D eigenvalue weighted by atomic mass is 10.2. The molecule has 80 valence electrons. The summed E-state index contributed by atoms with van der Waals surface area (Å²) in [7, 11) is -3.19. The van der Waals surface area contributed by atoms with Crippen LogP contribution >= 0.6 is 0 Å². The molecule has 0 aliphatic carbocycles. The van der Waals surface area contributed by atoms with Gasteiger partial charge in [-0.15, -0.1) is 0 Å². The summed E-state index contributed by atoms with van der Waals surface area (Å²) in [4.78, 5) is 0. The van der Waals surface area contributed by atoms with Gasteiger partial charge in [0.15, 0.2) is 0 Å². The molecule has 0 bridgehead atoms. The molecule has 0 spiro atoms. The van der Waals surface area contributed by atoms with E-state index in [1.54, 1.807) is 20.8 Å². The third kappa shape index (κ3) is 6.01. The second-order valence-corrected chi connectivity index (χ2v) is 5.26. The SMILES string of the molecule is CCNS(=O)(=O)CC(C)(C)OCC. The summed E-state index contributed by atoms with van der Waals surface area (Å²) in [5, 5.41) is 0. The van der Waals surface area contributed by atoms with Gasteiger partial charge in [0.25, 0.3) is 0 Å². The molecule has 0 radical (unpaired) electrons. The van der Waals surface area contributed by atoms with E-state index < -0.39 is 15.6 Å². The number of sulfonamides is 1. The van der Waals surface area contributed by atoms with Crippen molar-refractivity contribution >= 4 is 10.0 Å². The van der Waals surface area contributed by atoms with E-state index >= 15 is 0 Å². The summed E-state index contributed by atoms with van der Waals surface area (Å²) in [6.07, 6.45) is 0. The second-order valence-electron chi connectivity index (χ2n) is 3.45. The van der Waals surface area contributed by atoms with Gasteiger partial charge in [-0.3, -0.25) is 0 Å². The molecule has 4 nitrogen and oxygen atoms in total. The van der Waals surface area contributed by atoms with Gasteiger partial charge in [-0.2, -0.15) is 0 Å². The molecule has 0 aliphatic rings. The van der Waals surface area contributed by atoms with Gasteiger partial charge in [0, 0.05) is 13.2 Å². The van der Waals surface area contributed by atoms with Gasteiger partial charge in [-0.05, 0) is 20.8 Å². The van der Waals surface area contributed by atoms with Crippen LogP contribution in [0, 0.1) is 0 Å². The van der Waals surface area contributed by atoms with Crippen molar-refractivity contribution in [3.05, 3.63) is 0 Å². The van der Waals surface area contributed by atoms with Crippen LogP contribution in [-0.4, -0.2) is 32.9 Å². The molecular weight excluding hydrogens is 190 g/mol. The molecule has 0 aromatic rings. The molecule has 0 aliphatic heterocycles. The van der Waals surface area contributed by atoms with Crippen LogP contribution in [0.15, 0.2) is 0 Å². The van der Waals surface area contributed by atoms with Crippen LogP contribution in [0.4, 0.5) is 0 Å². The van der Waals surface area contributed by atoms with Crippen molar-refractivity contribution in [2.24, 2.45) is 0 Å². The number of nitrogens with one attached hydrogen (secondary N) is 1. The van der Waals surface area contributed by atoms with Gasteiger partial charge in [0.2, 0.25) is 10.0 Å². The van der Waals surface area contributed by atoms with E-state index in [-0.39, 0.29) is 5.75 Å². The minimum Gasteiger partial charge on any atom is -0.375 e. The monoisotopic (exact) mass is 209 g/mol. The zero-order valence-corrected chi connectivity index (χ0v) is 9.57. The van der Waals surface area contributed by atoms with E-state index in [2.05, 4.69) is 4.72 Å². The molecule has 0 atom stereocenters. The molecule has 0 amide bonds. The fraction of sp³-hybridized carbons (Fsp3) is 1.00. The lowest BCUT2D eigenvalue weighted by Gasteiger charge is -2.24. The lowest BCUT2D eigenvalue weighted by molar-refractivity contribution is 0.00783. The number of rotatable bonds is 6. The van der Waals surface area contributed by atoms with Crippen molar-refractivity contribution in [3.63, 3.8) is 0 Å². The molecule has 0 heterocycles. The van der Waals surface area contributed by atoms with Gasteiger partial charge >= 0.3 is 0 Å². The topological polar surface area (TPSA) is 55.4 Å². The normalized spacial score (nSPS) is 13.2. The summed E-state index contributed by atoms with van der Waals surface area (Å²) in [5.41, 5.74) is -0.615. The Morgan fingerprint density at radius 1 is 1.31 bits per heavy atom. The predicted octanol–water partition coefficient (Wildman–Crippen LogP) is 0.741. The Bertz CT molecular complexity index is 234. The average Bonchev–Trinajstić information content (AvgIpc) is 1.82. The van der Waals surface area contributed by atoms with Gasteiger partial charge in [-0.1, -0.05) is 6.92 Å². The van der Waals surface area contributed by atoms with E-state index in [9.17, 15) is 8.42 Å². The molecule has 0 fully saturated rings. The van der Waals surface area contributed by atoms with E-state index in [1.807, 2.05) is 6.92 Å². The van der Waals surface area contributed by atoms with Crippen LogP contribution in [0.25, 0.3) is 0 Å². The Kier molecular flexibility index (Phi) is 4.88. The van der Waals surface area contributed by atoms with Crippen molar-refractivity contribution in [1.82, 2.24) is 4.72 Å². The first kappa shape index (κ1) is 12.9. The highest BCUT2D eigenvalue weighted by atomic mass is 32.2. The van der Waals surface area contributed by atoms with Gasteiger partial charge in [-0.25, -0.2) is 13.1 Å². The number of ether oxygens (including phenoxy) is 1. The highest BCUT2D eigenvalue weighted by Gasteiger charge is 2.25. The number of hydrogen-bond acceptors (Lipinski definition) is 3. The maximum absolute atomic E-state index is 11.3. The van der Waals surface area contributed by atoms with E-state index in [0.29, 0.717) is 13.2 Å². The van der Waals surface area contributed by atoms with E-state index in [4.69, 9.17) is 4.74 Å². The predicted molar refractivity (Wildman–Crippen MR) is 53.2 cm³/mol. The van der Waals surface area contributed by atoms with E-state index in [0.717, 1.165) is 0 Å². The van der Waals surface area contributed by atoms with Crippen molar-refractivity contribution in [2.75, 3.05) is 18.9 Å². The third-order valence-corrected chi connectivity index (χ3v) is 3.24. The largest absolute Gasteiger partial charge is 0.375 e. The van der Waals surface area contributed by atoms with Crippen LogP contribution in [0.5, 0.6) is 0 Å². The minimum atomic E-state index is -3.19. The molecule has 13 heavy (non-hydrogen) atoms. The summed E-state index contributed by atoms with van der Waals surface area (Å²) >= 11 is 0. The fourth-order valence-corrected chi connectivity index (χ4v) is 2.70. The minimum absolute atomic E-state index is 0.00167. The molecule has 5 heteroatoms. The first-order valence-corrected chi connectivity index (χ1v) is 6.09. The van der Waals surface area contributed by atoms with Crippen LogP contribution in [0.2, 0.25) is 0 Å². The Balaban J connectivity index is 4.25. The fourth-order valence-electron chi connectivity index (χ4n) is 1.16. The molecule has 0 rings (SSSR count). The Morgan fingerprint density at radius 2 is 1.85 bits per heavy atom. The second kappa shape index (κ2) is 4.93. The van der Waals surface area contributed by atoms with Crippen LogP contribution in [-0.2, 0) is 14.8 Å². The molecule has 0 aromatic carbocycles. The summed E-state index contributed by atoms with van der Waals surface area (Å²) in [5.74, 6) is 0.00167. The van der Waals surface area contributed by atoms with Crippen LogP contribution in [0.3, 0.4) is 0 Å². The zero-order valence-electron chi connectivity index (χ0n) is 8.75. The standard InChI is InChI=1S/C8H19NO3S/c1-5-9-13(10,11)7-8(3,4)12-6-2/h9H,5-7H2,1-4H3. The highest BCUT2D eigenvalue weighted by Crippen LogP contribution is 2.11. The lowest BCUT2D eigenvalue weighted by Crippen LogP contribution is -2.39. The summed E-state index contributed by atoms with van der Waals surface area (Å²) in [6.45, 7) is 8.09. The van der Waals surface area contributed by atoms with Crippen molar-refractivity contribution in [3.8, 4) is 0 Å². The first-order chi connectivity index (χ1) is 5.83. The van der Waals surface area contributed by atoms with E-state index in [1.165, 1.54) is 0 Å². The van der Waals surface area contributed by atoms with Gasteiger partial charge in [0.05, 0.1) is 11.4 Å². The molecule has 0 saturated carbocycles. The van der Waals surface area contributed by atoms with Crippen molar-refractivity contribution in [2.45, 2.75) is 33.3 Å². The quantitative estimate of drug-likeness (QED) is 0.702. The molecular formula is C8H19NO3S.